The highest BCUT2D eigenvalue weighted by atomic mass is 32.2. The molecular formula is C14H13NO4S2. The molecule has 1 aliphatic heterocycles. The summed E-state index contributed by atoms with van der Waals surface area (Å²) in [4.78, 5) is 24.3. The van der Waals surface area contributed by atoms with E-state index in [1.54, 1.807) is 6.08 Å². The number of ether oxygens (including phenoxy) is 1. The quantitative estimate of drug-likeness (QED) is 0.663. The van der Waals surface area contributed by atoms with Gasteiger partial charge in [-0.2, -0.15) is 0 Å². The molecule has 21 heavy (non-hydrogen) atoms. The van der Waals surface area contributed by atoms with E-state index in [1.165, 1.54) is 0 Å². The summed E-state index contributed by atoms with van der Waals surface area (Å²) in [5, 5.41) is 8.78. The average molecular weight is 323 g/mol. The van der Waals surface area contributed by atoms with E-state index in [-0.39, 0.29) is 10.2 Å². The van der Waals surface area contributed by atoms with Crippen molar-refractivity contribution >= 4 is 46.3 Å². The van der Waals surface area contributed by atoms with E-state index >= 15 is 0 Å². The van der Waals surface area contributed by atoms with E-state index in [0.29, 0.717) is 17.3 Å². The zero-order valence-corrected chi connectivity index (χ0v) is 12.9. The van der Waals surface area contributed by atoms with Crippen LogP contribution in [0.2, 0.25) is 0 Å². The lowest BCUT2D eigenvalue weighted by Crippen LogP contribution is -2.33. The van der Waals surface area contributed by atoms with Gasteiger partial charge in [0.05, 0.1) is 11.5 Å². The molecule has 1 N–H and O–H groups in total. The van der Waals surface area contributed by atoms with Gasteiger partial charge >= 0.3 is 5.97 Å². The molecule has 110 valence electrons. The number of thiocarbonyl (C=S) groups is 1. The summed E-state index contributed by atoms with van der Waals surface area (Å²) in [6.07, 6.45) is 1.68. The Morgan fingerprint density at radius 1 is 1.52 bits per heavy atom. The first-order chi connectivity index (χ1) is 10.0. The number of hydrogen-bond donors (Lipinski definition) is 1. The van der Waals surface area contributed by atoms with Crippen molar-refractivity contribution in [3.63, 3.8) is 0 Å². The van der Waals surface area contributed by atoms with Gasteiger partial charge in [0, 0.05) is 0 Å². The van der Waals surface area contributed by atoms with Crippen LogP contribution in [0, 0.1) is 0 Å². The third kappa shape index (κ3) is 3.83. The van der Waals surface area contributed by atoms with Crippen molar-refractivity contribution in [3.8, 4) is 5.75 Å². The normalized spacial score (nSPS) is 16.6. The van der Waals surface area contributed by atoms with Crippen LogP contribution in [0.4, 0.5) is 0 Å². The van der Waals surface area contributed by atoms with Gasteiger partial charge < -0.3 is 9.84 Å². The van der Waals surface area contributed by atoms with E-state index < -0.39 is 12.5 Å². The zero-order chi connectivity index (χ0) is 15.4. The molecule has 0 unspecified atom stereocenters. The first-order valence-corrected chi connectivity index (χ1v) is 7.43. The number of rotatable bonds is 5. The number of amides is 1. The lowest BCUT2D eigenvalue weighted by Gasteiger charge is -2.10. The summed E-state index contributed by atoms with van der Waals surface area (Å²) in [6, 6.07) is 7.31. The number of carbonyl (C=O) groups is 2. The topological polar surface area (TPSA) is 66.8 Å². The fourth-order valence-electron chi connectivity index (χ4n) is 1.78. The minimum Gasteiger partial charge on any atom is -0.494 e. The second-order valence-electron chi connectivity index (χ2n) is 4.17. The van der Waals surface area contributed by atoms with Gasteiger partial charge in [0.25, 0.3) is 5.91 Å². The Morgan fingerprint density at radius 2 is 2.29 bits per heavy atom. The highest BCUT2D eigenvalue weighted by Crippen LogP contribution is 2.32. The van der Waals surface area contributed by atoms with Crippen LogP contribution in [0.5, 0.6) is 5.75 Å². The zero-order valence-electron chi connectivity index (χ0n) is 11.2. The minimum atomic E-state index is -1.09. The predicted octanol–water partition coefficient (Wildman–Crippen LogP) is 2.37. The maximum Gasteiger partial charge on any atom is 0.323 e. The molecule has 5 nitrogen and oxygen atoms in total. The van der Waals surface area contributed by atoms with Crippen molar-refractivity contribution in [1.82, 2.24) is 4.90 Å². The predicted molar refractivity (Wildman–Crippen MR) is 85.1 cm³/mol. The van der Waals surface area contributed by atoms with Crippen molar-refractivity contribution in [2.45, 2.75) is 6.92 Å². The third-order valence-corrected chi connectivity index (χ3v) is 4.01. The maximum atomic E-state index is 12.1. The largest absolute Gasteiger partial charge is 0.494 e. The van der Waals surface area contributed by atoms with Crippen molar-refractivity contribution < 1.29 is 19.4 Å². The molecule has 0 radical (unpaired) electrons. The van der Waals surface area contributed by atoms with Gasteiger partial charge in [0.2, 0.25) is 0 Å². The van der Waals surface area contributed by atoms with Gasteiger partial charge in [-0.15, -0.1) is 0 Å². The van der Waals surface area contributed by atoms with Gasteiger partial charge in [-0.05, 0) is 30.7 Å². The molecule has 1 saturated heterocycles. The summed E-state index contributed by atoms with van der Waals surface area (Å²) in [5.41, 5.74) is 0.803. The van der Waals surface area contributed by atoms with Crippen molar-refractivity contribution in [3.05, 3.63) is 34.7 Å². The molecule has 0 aromatic heterocycles. The molecule has 1 fully saturated rings. The Morgan fingerprint density at radius 3 is 2.95 bits per heavy atom. The first-order valence-electron chi connectivity index (χ1n) is 6.21. The monoisotopic (exact) mass is 323 g/mol. The Kier molecular flexibility index (Phi) is 4.98. The molecule has 1 heterocycles. The van der Waals surface area contributed by atoms with Crippen LogP contribution in [-0.4, -0.2) is 39.4 Å². The molecule has 1 aromatic rings. The van der Waals surface area contributed by atoms with Crippen LogP contribution in [0.25, 0.3) is 6.08 Å². The molecule has 0 spiro atoms. The van der Waals surface area contributed by atoms with Crippen molar-refractivity contribution in [2.24, 2.45) is 0 Å². The fourth-order valence-corrected chi connectivity index (χ4v) is 3.04. The summed E-state index contributed by atoms with van der Waals surface area (Å²) in [7, 11) is 0. The van der Waals surface area contributed by atoms with Crippen LogP contribution in [0.1, 0.15) is 12.5 Å². The van der Waals surface area contributed by atoms with Gasteiger partial charge in [0.1, 0.15) is 16.6 Å². The summed E-state index contributed by atoms with van der Waals surface area (Å²) in [6.45, 7) is 2.04. The number of thioether (sulfide) groups is 1. The Hall–Kier alpha value is -1.86. The highest BCUT2D eigenvalue weighted by molar-refractivity contribution is 8.26. The molecule has 7 heteroatoms. The van der Waals surface area contributed by atoms with E-state index in [2.05, 4.69) is 0 Å². The Bertz CT molecular complexity index is 627. The average Bonchev–Trinajstić information content (AvgIpc) is 2.67. The van der Waals surface area contributed by atoms with Crippen molar-refractivity contribution in [1.29, 1.82) is 0 Å². The lowest BCUT2D eigenvalue weighted by molar-refractivity contribution is -0.140. The third-order valence-electron chi connectivity index (χ3n) is 2.63. The van der Waals surface area contributed by atoms with Crippen LogP contribution in [0.3, 0.4) is 0 Å². The number of carboxylic acids is 1. The second kappa shape index (κ2) is 6.73. The summed E-state index contributed by atoms with van der Waals surface area (Å²) in [5.74, 6) is -0.757. The lowest BCUT2D eigenvalue weighted by atomic mass is 10.2. The highest BCUT2D eigenvalue weighted by Gasteiger charge is 2.33. The van der Waals surface area contributed by atoms with E-state index in [4.69, 9.17) is 22.1 Å². The van der Waals surface area contributed by atoms with E-state index in [0.717, 1.165) is 22.2 Å². The molecule has 1 aliphatic rings. The summed E-state index contributed by atoms with van der Waals surface area (Å²) >= 11 is 6.14. The number of benzene rings is 1. The van der Waals surface area contributed by atoms with Gasteiger partial charge in [-0.3, -0.25) is 14.5 Å². The molecule has 0 aliphatic carbocycles. The number of aliphatic carboxylic acids is 1. The maximum absolute atomic E-state index is 12.1. The van der Waals surface area contributed by atoms with Crippen molar-refractivity contribution in [2.75, 3.05) is 13.2 Å². The number of nitrogens with zero attached hydrogens (tertiary/aromatic N) is 1. The number of hydrogen-bond acceptors (Lipinski definition) is 5. The molecular weight excluding hydrogens is 310 g/mol. The number of carbonyl (C=O) groups excluding carboxylic acids is 1. The van der Waals surface area contributed by atoms with Gasteiger partial charge in [0.15, 0.2) is 0 Å². The molecule has 1 amide bonds. The van der Waals surface area contributed by atoms with Crippen LogP contribution < -0.4 is 4.74 Å². The van der Waals surface area contributed by atoms with Gasteiger partial charge in [-0.1, -0.05) is 36.1 Å². The smallest absolute Gasteiger partial charge is 0.323 e. The second-order valence-corrected chi connectivity index (χ2v) is 5.84. The molecule has 2 rings (SSSR count). The molecule has 0 bridgehead atoms. The Balaban J connectivity index is 2.22. The molecule has 1 aromatic carbocycles. The van der Waals surface area contributed by atoms with E-state index in [9.17, 15) is 9.59 Å². The summed E-state index contributed by atoms with van der Waals surface area (Å²) < 4.78 is 5.66. The molecule has 0 atom stereocenters. The minimum absolute atomic E-state index is 0.259. The fraction of sp³-hybridized carbons (Fsp3) is 0.214. The van der Waals surface area contributed by atoms with Crippen LogP contribution in [0.15, 0.2) is 29.2 Å². The SMILES string of the molecule is CCOc1cccc(/C=C2\SC(=S)N(CC(=O)O)C2=O)c1. The molecule has 0 saturated carbocycles. The standard InChI is InChI=1S/C14H13NO4S2/c1-2-19-10-5-3-4-9(6-10)7-11-13(18)15(8-12(16)17)14(20)21-11/h3-7H,2,8H2,1H3,(H,16,17)/b11-7-. The Labute approximate surface area is 131 Å². The first kappa shape index (κ1) is 15.5. The van der Waals surface area contributed by atoms with Crippen LogP contribution in [-0.2, 0) is 9.59 Å². The number of carboxylic acid groups (broad SMARTS) is 1. The van der Waals surface area contributed by atoms with Crippen LogP contribution >= 0.6 is 24.0 Å². The van der Waals surface area contributed by atoms with E-state index in [1.807, 2.05) is 31.2 Å². The van der Waals surface area contributed by atoms with Gasteiger partial charge in [-0.25, -0.2) is 0 Å².